The monoisotopic (exact) mass is 343 g/mol. The SMILES string of the molecule is COc1ccc2ccc(OC)c(CC(C(=O)O)C(=O)NC3CC3)c2c1. The smallest absolute Gasteiger partial charge is 0.316 e. The standard InChI is InChI=1S/C19H21NO5/c1-24-13-7-3-11-4-8-17(25-2)15(14(11)9-13)10-16(19(22)23)18(21)20-12-5-6-12/h3-4,7-9,12,16H,5-6,10H2,1-2H3,(H,20,21)(H,22,23). The van der Waals surface area contributed by atoms with Crippen molar-refractivity contribution in [3.05, 3.63) is 35.9 Å². The van der Waals surface area contributed by atoms with Crippen LogP contribution in [0.1, 0.15) is 18.4 Å². The number of amides is 1. The molecule has 6 nitrogen and oxygen atoms in total. The predicted molar refractivity (Wildman–Crippen MR) is 93.0 cm³/mol. The molecule has 0 heterocycles. The van der Waals surface area contributed by atoms with Crippen molar-refractivity contribution >= 4 is 22.6 Å². The van der Waals surface area contributed by atoms with Crippen LogP contribution >= 0.6 is 0 Å². The van der Waals surface area contributed by atoms with Crippen molar-refractivity contribution in [2.24, 2.45) is 5.92 Å². The van der Waals surface area contributed by atoms with Gasteiger partial charge in [0.2, 0.25) is 5.91 Å². The Bertz CT molecular complexity index is 808. The van der Waals surface area contributed by atoms with E-state index in [4.69, 9.17) is 9.47 Å². The van der Waals surface area contributed by atoms with Crippen molar-refractivity contribution in [2.45, 2.75) is 25.3 Å². The maximum atomic E-state index is 12.3. The quantitative estimate of drug-likeness (QED) is 0.754. The molecule has 1 saturated carbocycles. The molecule has 0 saturated heterocycles. The molecule has 0 spiro atoms. The molecule has 1 unspecified atom stereocenters. The van der Waals surface area contributed by atoms with Crippen molar-refractivity contribution in [2.75, 3.05) is 14.2 Å². The van der Waals surface area contributed by atoms with Gasteiger partial charge < -0.3 is 19.9 Å². The van der Waals surface area contributed by atoms with Gasteiger partial charge in [0.15, 0.2) is 0 Å². The summed E-state index contributed by atoms with van der Waals surface area (Å²) in [6.07, 6.45) is 1.88. The molecule has 0 bridgehead atoms. The molecule has 2 aromatic rings. The molecule has 25 heavy (non-hydrogen) atoms. The molecule has 1 aliphatic carbocycles. The number of methoxy groups -OCH3 is 2. The van der Waals surface area contributed by atoms with Gasteiger partial charge >= 0.3 is 5.97 Å². The first-order valence-electron chi connectivity index (χ1n) is 8.20. The summed E-state index contributed by atoms with van der Waals surface area (Å²) in [4.78, 5) is 24.0. The molecule has 1 amide bonds. The summed E-state index contributed by atoms with van der Waals surface area (Å²) in [5.41, 5.74) is 0.692. The van der Waals surface area contributed by atoms with Gasteiger partial charge in [-0.05, 0) is 48.2 Å². The molecular formula is C19H21NO5. The zero-order valence-electron chi connectivity index (χ0n) is 14.2. The van der Waals surface area contributed by atoms with Crippen LogP contribution in [0.4, 0.5) is 0 Å². The number of carboxylic acid groups (broad SMARTS) is 1. The molecule has 6 heteroatoms. The fourth-order valence-electron chi connectivity index (χ4n) is 2.90. The predicted octanol–water partition coefficient (Wildman–Crippen LogP) is 2.38. The maximum Gasteiger partial charge on any atom is 0.316 e. The normalized spacial score (nSPS) is 14.8. The van der Waals surface area contributed by atoms with E-state index >= 15 is 0 Å². The van der Waals surface area contributed by atoms with E-state index < -0.39 is 17.8 Å². The van der Waals surface area contributed by atoms with E-state index in [-0.39, 0.29) is 12.5 Å². The van der Waals surface area contributed by atoms with Crippen LogP contribution in [0, 0.1) is 5.92 Å². The van der Waals surface area contributed by atoms with Crippen LogP contribution in [-0.2, 0) is 16.0 Å². The number of carbonyl (C=O) groups is 2. The van der Waals surface area contributed by atoms with Crippen molar-refractivity contribution in [1.82, 2.24) is 5.32 Å². The third kappa shape index (κ3) is 3.68. The summed E-state index contributed by atoms with van der Waals surface area (Å²) in [7, 11) is 3.11. The number of fused-ring (bicyclic) bond motifs is 1. The molecule has 1 fully saturated rings. The molecule has 3 rings (SSSR count). The lowest BCUT2D eigenvalue weighted by Gasteiger charge is -2.17. The number of hydrogen-bond acceptors (Lipinski definition) is 4. The summed E-state index contributed by atoms with van der Waals surface area (Å²) in [6.45, 7) is 0. The van der Waals surface area contributed by atoms with E-state index in [2.05, 4.69) is 5.32 Å². The van der Waals surface area contributed by atoms with Gasteiger partial charge in [0.25, 0.3) is 0 Å². The van der Waals surface area contributed by atoms with Crippen LogP contribution in [0.2, 0.25) is 0 Å². The van der Waals surface area contributed by atoms with Gasteiger partial charge in [-0.25, -0.2) is 0 Å². The number of carbonyl (C=O) groups excluding carboxylic acids is 1. The van der Waals surface area contributed by atoms with Crippen molar-refractivity contribution < 1.29 is 24.2 Å². The minimum absolute atomic E-state index is 0.0571. The highest BCUT2D eigenvalue weighted by Gasteiger charge is 2.32. The third-order valence-corrected chi connectivity index (χ3v) is 4.46. The molecule has 0 aromatic heterocycles. The summed E-state index contributed by atoms with van der Waals surface area (Å²) in [6, 6.07) is 9.39. The van der Waals surface area contributed by atoms with Gasteiger partial charge in [0.1, 0.15) is 17.4 Å². The average Bonchev–Trinajstić information content (AvgIpc) is 3.42. The Hall–Kier alpha value is -2.76. The largest absolute Gasteiger partial charge is 0.497 e. The summed E-state index contributed by atoms with van der Waals surface area (Å²) < 4.78 is 10.7. The zero-order chi connectivity index (χ0) is 18.0. The fraction of sp³-hybridized carbons (Fsp3) is 0.368. The molecule has 132 valence electrons. The zero-order valence-corrected chi connectivity index (χ0v) is 14.2. The second-order valence-electron chi connectivity index (χ2n) is 6.21. The minimum atomic E-state index is -1.16. The first-order chi connectivity index (χ1) is 12.0. The fourth-order valence-corrected chi connectivity index (χ4v) is 2.90. The third-order valence-electron chi connectivity index (χ3n) is 4.46. The van der Waals surface area contributed by atoms with Crippen LogP contribution in [0.5, 0.6) is 11.5 Å². The topological polar surface area (TPSA) is 84.9 Å². The minimum Gasteiger partial charge on any atom is -0.497 e. The molecular weight excluding hydrogens is 322 g/mol. The van der Waals surface area contributed by atoms with E-state index in [1.807, 2.05) is 24.3 Å². The molecule has 1 atom stereocenters. The number of aliphatic carboxylic acids is 1. The van der Waals surface area contributed by atoms with Gasteiger partial charge in [-0.15, -0.1) is 0 Å². The highest BCUT2D eigenvalue weighted by Crippen LogP contribution is 2.33. The number of ether oxygens (including phenoxy) is 2. The first kappa shape index (κ1) is 17.1. The number of benzene rings is 2. The summed E-state index contributed by atoms with van der Waals surface area (Å²) in [5, 5.41) is 14.1. The van der Waals surface area contributed by atoms with E-state index in [0.717, 1.165) is 23.6 Å². The molecule has 2 aromatic carbocycles. The summed E-state index contributed by atoms with van der Waals surface area (Å²) in [5.74, 6) is -1.52. The maximum absolute atomic E-state index is 12.3. The van der Waals surface area contributed by atoms with E-state index in [1.165, 1.54) is 7.11 Å². The Morgan fingerprint density at radius 3 is 2.52 bits per heavy atom. The highest BCUT2D eigenvalue weighted by atomic mass is 16.5. The number of carboxylic acids is 1. The van der Waals surface area contributed by atoms with E-state index in [9.17, 15) is 14.7 Å². The molecule has 0 aliphatic heterocycles. The lowest BCUT2D eigenvalue weighted by atomic mass is 9.93. The van der Waals surface area contributed by atoms with Crippen LogP contribution < -0.4 is 14.8 Å². The van der Waals surface area contributed by atoms with Crippen LogP contribution in [0.25, 0.3) is 10.8 Å². The molecule has 0 radical (unpaired) electrons. The Morgan fingerprint density at radius 1 is 1.20 bits per heavy atom. The molecule has 2 N–H and O–H groups in total. The Morgan fingerprint density at radius 2 is 1.92 bits per heavy atom. The van der Waals surface area contributed by atoms with Crippen molar-refractivity contribution in [3.8, 4) is 11.5 Å². The van der Waals surface area contributed by atoms with Crippen LogP contribution in [0.15, 0.2) is 30.3 Å². The number of rotatable bonds is 7. The average molecular weight is 343 g/mol. The van der Waals surface area contributed by atoms with Crippen LogP contribution in [0.3, 0.4) is 0 Å². The first-order valence-corrected chi connectivity index (χ1v) is 8.20. The van der Waals surface area contributed by atoms with Gasteiger partial charge in [-0.3, -0.25) is 9.59 Å². The van der Waals surface area contributed by atoms with Crippen LogP contribution in [-0.4, -0.2) is 37.2 Å². The number of nitrogens with one attached hydrogen (secondary N) is 1. The van der Waals surface area contributed by atoms with Gasteiger partial charge in [-0.2, -0.15) is 0 Å². The van der Waals surface area contributed by atoms with E-state index in [0.29, 0.717) is 17.1 Å². The van der Waals surface area contributed by atoms with Gasteiger partial charge in [-0.1, -0.05) is 12.1 Å². The second-order valence-corrected chi connectivity index (χ2v) is 6.21. The van der Waals surface area contributed by atoms with Gasteiger partial charge in [0, 0.05) is 11.6 Å². The van der Waals surface area contributed by atoms with Crippen molar-refractivity contribution in [3.63, 3.8) is 0 Å². The number of hydrogen-bond donors (Lipinski definition) is 2. The lowest BCUT2D eigenvalue weighted by molar-refractivity contribution is -0.146. The Balaban J connectivity index is 2.01. The van der Waals surface area contributed by atoms with Crippen molar-refractivity contribution in [1.29, 1.82) is 0 Å². The molecule has 1 aliphatic rings. The Kier molecular flexibility index (Phi) is 4.79. The Labute approximate surface area is 145 Å². The second kappa shape index (κ2) is 7.01. The van der Waals surface area contributed by atoms with E-state index in [1.54, 1.807) is 13.2 Å². The highest BCUT2D eigenvalue weighted by molar-refractivity contribution is 5.98. The lowest BCUT2D eigenvalue weighted by Crippen LogP contribution is -2.37. The summed E-state index contributed by atoms with van der Waals surface area (Å²) >= 11 is 0. The van der Waals surface area contributed by atoms with Gasteiger partial charge in [0.05, 0.1) is 14.2 Å².